The van der Waals surface area contributed by atoms with Crippen molar-refractivity contribution in [3.63, 3.8) is 0 Å². The van der Waals surface area contributed by atoms with Crippen molar-refractivity contribution in [3.05, 3.63) is 81.7 Å². The molecule has 0 bridgehead atoms. The number of amides is 1. The maximum absolute atomic E-state index is 12.4. The Labute approximate surface area is 150 Å². The van der Waals surface area contributed by atoms with E-state index in [1.54, 1.807) is 6.07 Å². The number of aromatic nitrogens is 2. The van der Waals surface area contributed by atoms with Crippen LogP contribution in [0.1, 0.15) is 17.0 Å². The maximum atomic E-state index is 12.4. The van der Waals surface area contributed by atoms with E-state index in [0.29, 0.717) is 5.69 Å². The molecule has 0 aliphatic heterocycles. The third kappa shape index (κ3) is 3.61. The summed E-state index contributed by atoms with van der Waals surface area (Å²) < 4.78 is 1.81. The lowest BCUT2D eigenvalue weighted by Crippen LogP contribution is -2.15. The van der Waals surface area contributed by atoms with Crippen LogP contribution >= 0.6 is 0 Å². The fraction of sp³-hybridized carbons (Fsp3) is 0.158. The summed E-state index contributed by atoms with van der Waals surface area (Å²) in [5.41, 5.74) is 3.78. The van der Waals surface area contributed by atoms with Crippen molar-refractivity contribution in [2.24, 2.45) is 0 Å². The molecule has 0 aliphatic carbocycles. The average molecular weight is 350 g/mol. The Bertz CT molecular complexity index is 964. The summed E-state index contributed by atoms with van der Waals surface area (Å²) >= 11 is 0. The Hall–Kier alpha value is -3.48. The molecule has 0 atom stereocenters. The summed E-state index contributed by atoms with van der Waals surface area (Å²) in [6.07, 6.45) is 0.146. The van der Waals surface area contributed by atoms with Crippen molar-refractivity contribution in [3.8, 4) is 5.69 Å². The number of benzene rings is 2. The van der Waals surface area contributed by atoms with Crippen LogP contribution in [0.25, 0.3) is 5.69 Å². The molecular weight excluding hydrogens is 332 g/mol. The second-order valence-electron chi connectivity index (χ2n) is 5.93. The first kappa shape index (κ1) is 17.3. The molecule has 7 heteroatoms. The van der Waals surface area contributed by atoms with Gasteiger partial charge in [-0.3, -0.25) is 14.9 Å². The van der Waals surface area contributed by atoms with E-state index >= 15 is 0 Å². The zero-order valence-electron chi connectivity index (χ0n) is 14.5. The molecule has 26 heavy (non-hydrogen) atoms. The Balaban J connectivity index is 1.79. The lowest BCUT2D eigenvalue weighted by Gasteiger charge is -2.07. The predicted octanol–water partition coefficient (Wildman–Crippen LogP) is 3.58. The quantitative estimate of drug-likeness (QED) is 0.562. The van der Waals surface area contributed by atoms with Gasteiger partial charge in [-0.25, -0.2) is 4.68 Å². The van der Waals surface area contributed by atoms with Crippen LogP contribution in [0, 0.1) is 24.0 Å². The minimum atomic E-state index is -0.492. The highest BCUT2D eigenvalue weighted by molar-refractivity contribution is 5.92. The zero-order chi connectivity index (χ0) is 18.7. The number of rotatable bonds is 5. The molecule has 2 aromatic carbocycles. The van der Waals surface area contributed by atoms with Gasteiger partial charge in [0.05, 0.1) is 22.7 Å². The largest absolute Gasteiger partial charge is 0.326 e. The van der Waals surface area contributed by atoms with Gasteiger partial charge in [-0.05, 0) is 32.0 Å². The number of para-hydroxylation sites is 1. The molecule has 0 saturated heterocycles. The number of nitrogens with zero attached hydrogens (tertiary/aromatic N) is 3. The molecule has 0 aliphatic rings. The monoisotopic (exact) mass is 350 g/mol. The number of hydrogen-bond donors (Lipinski definition) is 1. The molecule has 1 amide bonds. The van der Waals surface area contributed by atoms with Crippen LogP contribution < -0.4 is 5.32 Å². The molecule has 3 rings (SSSR count). The highest BCUT2D eigenvalue weighted by Crippen LogP contribution is 2.20. The van der Waals surface area contributed by atoms with E-state index in [1.165, 1.54) is 18.2 Å². The highest BCUT2D eigenvalue weighted by Gasteiger charge is 2.16. The second-order valence-corrected chi connectivity index (χ2v) is 5.93. The van der Waals surface area contributed by atoms with E-state index in [1.807, 2.05) is 48.9 Å². The van der Waals surface area contributed by atoms with Crippen LogP contribution in [0.15, 0.2) is 54.6 Å². The molecule has 3 aromatic rings. The number of hydrogen-bond acceptors (Lipinski definition) is 4. The number of nitro groups is 1. The number of carbonyl (C=O) groups is 1. The first-order valence-electron chi connectivity index (χ1n) is 8.10. The number of nitrogens with one attached hydrogen (secondary N) is 1. The summed E-state index contributed by atoms with van der Waals surface area (Å²) in [4.78, 5) is 22.7. The summed E-state index contributed by atoms with van der Waals surface area (Å²) in [5, 5.41) is 18.1. The zero-order valence-corrected chi connectivity index (χ0v) is 14.5. The third-order valence-electron chi connectivity index (χ3n) is 4.12. The maximum Gasteiger partial charge on any atom is 0.271 e. The van der Waals surface area contributed by atoms with Crippen molar-refractivity contribution in [2.45, 2.75) is 20.3 Å². The predicted molar refractivity (Wildman–Crippen MR) is 98.5 cm³/mol. The van der Waals surface area contributed by atoms with Crippen molar-refractivity contribution < 1.29 is 9.72 Å². The van der Waals surface area contributed by atoms with Gasteiger partial charge >= 0.3 is 0 Å². The SMILES string of the molecule is Cc1nn(-c2ccccc2)c(C)c1CC(=O)Nc1cccc([N+](=O)[O-])c1. The van der Waals surface area contributed by atoms with Crippen molar-refractivity contribution in [1.29, 1.82) is 0 Å². The van der Waals surface area contributed by atoms with Gasteiger partial charge in [-0.15, -0.1) is 0 Å². The van der Waals surface area contributed by atoms with Crippen molar-refractivity contribution in [2.75, 3.05) is 5.32 Å². The van der Waals surface area contributed by atoms with Crippen LogP contribution in [-0.2, 0) is 11.2 Å². The molecular formula is C19H18N4O3. The average Bonchev–Trinajstić information content (AvgIpc) is 2.91. The van der Waals surface area contributed by atoms with Crippen LogP contribution in [0.4, 0.5) is 11.4 Å². The Morgan fingerprint density at radius 1 is 1.15 bits per heavy atom. The highest BCUT2D eigenvalue weighted by atomic mass is 16.6. The first-order chi connectivity index (χ1) is 12.5. The van der Waals surface area contributed by atoms with Gasteiger partial charge in [0.15, 0.2) is 0 Å². The molecule has 1 heterocycles. The molecule has 132 valence electrons. The molecule has 0 radical (unpaired) electrons. The van der Waals surface area contributed by atoms with Crippen LogP contribution in [0.2, 0.25) is 0 Å². The molecule has 0 fully saturated rings. The topological polar surface area (TPSA) is 90.1 Å². The Morgan fingerprint density at radius 3 is 2.58 bits per heavy atom. The van der Waals surface area contributed by atoms with Crippen LogP contribution in [0.5, 0.6) is 0 Å². The number of nitro benzene ring substituents is 1. The lowest BCUT2D eigenvalue weighted by atomic mass is 10.1. The molecule has 1 aromatic heterocycles. The standard InChI is InChI=1S/C19H18N4O3/c1-13-18(14(2)22(21-13)16-8-4-3-5-9-16)12-19(24)20-15-7-6-10-17(11-15)23(25)26/h3-11H,12H2,1-2H3,(H,20,24). The number of non-ortho nitro benzene ring substituents is 1. The minimum Gasteiger partial charge on any atom is -0.326 e. The number of carbonyl (C=O) groups excluding carboxylic acids is 1. The van der Waals surface area contributed by atoms with Crippen LogP contribution in [0.3, 0.4) is 0 Å². The van der Waals surface area contributed by atoms with Crippen molar-refractivity contribution in [1.82, 2.24) is 9.78 Å². The van der Waals surface area contributed by atoms with Crippen molar-refractivity contribution >= 4 is 17.3 Å². The normalized spacial score (nSPS) is 10.5. The number of anilines is 1. The molecule has 1 N–H and O–H groups in total. The van der Waals surface area contributed by atoms with Gasteiger partial charge in [-0.1, -0.05) is 24.3 Å². The summed E-state index contributed by atoms with van der Waals surface area (Å²) in [7, 11) is 0. The summed E-state index contributed by atoms with van der Waals surface area (Å²) in [6.45, 7) is 3.78. The third-order valence-corrected chi connectivity index (χ3v) is 4.12. The second kappa shape index (κ2) is 7.18. The van der Waals surface area contributed by atoms with Gasteiger partial charge < -0.3 is 5.32 Å². The smallest absolute Gasteiger partial charge is 0.271 e. The van der Waals surface area contributed by atoms with E-state index in [2.05, 4.69) is 10.4 Å². The molecule has 7 nitrogen and oxygen atoms in total. The van der Waals surface area contributed by atoms with E-state index in [9.17, 15) is 14.9 Å². The van der Waals surface area contributed by atoms with Gasteiger partial charge in [0, 0.05) is 29.1 Å². The van der Waals surface area contributed by atoms with Gasteiger partial charge in [0.25, 0.3) is 5.69 Å². The Kier molecular flexibility index (Phi) is 4.79. The van der Waals surface area contributed by atoms with Gasteiger partial charge in [0.2, 0.25) is 5.91 Å². The van der Waals surface area contributed by atoms with E-state index < -0.39 is 4.92 Å². The first-order valence-corrected chi connectivity index (χ1v) is 8.10. The fourth-order valence-electron chi connectivity index (χ4n) is 2.81. The summed E-state index contributed by atoms with van der Waals surface area (Å²) in [6, 6.07) is 15.6. The molecule has 0 unspecified atom stereocenters. The van der Waals surface area contributed by atoms with E-state index in [-0.39, 0.29) is 18.0 Å². The Morgan fingerprint density at radius 2 is 1.88 bits per heavy atom. The molecule has 0 saturated carbocycles. The molecule has 0 spiro atoms. The van der Waals surface area contributed by atoms with Crippen LogP contribution in [-0.4, -0.2) is 20.6 Å². The van der Waals surface area contributed by atoms with Gasteiger partial charge in [-0.2, -0.15) is 5.10 Å². The fourth-order valence-corrected chi connectivity index (χ4v) is 2.81. The number of aryl methyl sites for hydroxylation is 1. The minimum absolute atomic E-state index is 0.0629. The van der Waals surface area contributed by atoms with Gasteiger partial charge in [0.1, 0.15) is 0 Å². The lowest BCUT2D eigenvalue weighted by molar-refractivity contribution is -0.384. The summed E-state index contributed by atoms with van der Waals surface area (Å²) in [5.74, 6) is -0.246. The van der Waals surface area contributed by atoms with E-state index in [0.717, 1.165) is 22.6 Å². The van der Waals surface area contributed by atoms with E-state index in [4.69, 9.17) is 0 Å².